The molecule has 2 rings (SSSR count). The number of nitrogens with one attached hydrogen (secondary N) is 2. The maximum atomic E-state index is 12.2. The summed E-state index contributed by atoms with van der Waals surface area (Å²) in [6.45, 7) is 3.80. The summed E-state index contributed by atoms with van der Waals surface area (Å²) in [7, 11) is 3.76. The number of halogens is 2. The monoisotopic (exact) mass is 365 g/mol. The molecule has 0 saturated heterocycles. The van der Waals surface area contributed by atoms with Gasteiger partial charge in [-0.15, -0.1) is 0 Å². The minimum Gasteiger partial charge on any atom is -0.375 e. The first-order valence-electron chi connectivity index (χ1n) is 7.52. The van der Waals surface area contributed by atoms with Crippen molar-refractivity contribution >= 4 is 40.6 Å². The Morgan fingerprint density at radius 1 is 1.04 bits per heavy atom. The number of rotatable bonds is 4. The third-order valence-corrected chi connectivity index (χ3v) is 4.22. The van der Waals surface area contributed by atoms with Crippen molar-refractivity contribution in [2.75, 3.05) is 24.3 Å². The lowest BCUT2D eigenvalue weighted by Crippen LogP contribution is -2.43. The lowest BCUT2D eigenvalue weighted by molar-refractivity contribution is 0.242. The molecule has 2 aromatic rings. The minimum absolute atomic E-state index is 0.296. The molecule has 2 N–H and O–H groups in total. The summed E-state index contributed by atoms with van der Waals surface area (Å²) >= 11 is 12.7. The SMILES string of the molecule is CN(C)c1c(Cl)cc(C(C)(C)NC(=O)Nc2ccccc2)cc1Cl. The first-order chi connectivity index (χ1) is 11.2. The van der Waals surface area contributed by atoms with E-state index in [1.165, 1.54) is 0 Å². The second kappa shape index (κ2) is 7.32. The molecule has 0 fully saturated rings. The molecule has 0 spiro atoms. The minimum atomic E-state index is -0.642. The van der Waals surface area contributed by atoms with E-state index in [1.54, 1.807) is 0 Å². The van der Waals surface area contributed by atoms with Crippen molar-refractivity contribution < 1.29 is 4.79 Å². The van der Waals surface area contributed by atoms with Crippen LogP contribution >= 0.6 is 23.2 Å². The van der Waals surface area contributed by atoms with E-state index in [9.17, 15) is 4.79 Å². The Balaban J connectivity index is 2.19. The number of carbonyl (C=O) groups is 1. The number of hydrogen-bond donors (Lipinski definition) is 2. The molecule has 6 heteroatoms. The number of benzene rings is 2. The number of nitrogens with zero attached hydrogens (tertiary/aromatic N) is 1. The Kier molecular flexibility index (Phi) is 5.62. The zero-order valence-corrected chi connectivity index (χ0v) is 15.7. The van der Waals surface area contributed by atoms with Gasteiger partial charge in [0.1, 0.15) is 0 Å². The fourth-order valence-corrected chi connectivity index (χ4v) is 3.22. The van der Waals surface area contributed by atoms with Crippen LogP contribution in [0.2, 0.25) is 10.0 Å². The van der Waals surface area contributed by atoms with Crippen molar-refractivity contribution in [1.82, 2.24) is 5.32 Å². The highest BCUT2D eigenvalue weighted by atomic mass is 35.5. The van der Waals surface area contributed by atoms with Crippen LogP contribution in [-0.2, 0) is 5.54 Å². The molecule has 0 heterocycles. The summed E-state index contributed by atoms with van der Waals surface area (Å²) in [5.41, 5.74) is 1.67. The van der Waals surface area contributed by atoms with Crippen molar-refractivity contribution in [3.8, 4) is 0 Å². The molecule has 0 aliphatic rings. The van der Waals surface area contributed by atoms with Crippen LogP contribution in [0.15, 0.2) is 42.5 Å². The summed E-state index contributed by atoms with van der Waals surface area (Å²) < 4.78 is 0. The molecule has 0 aliphatic carbocycles. The number of hydrogen-bond acceptors (Lipinski definition) is 2. The lowest BCUT2D eigenvalue weighted by atomic mass is 9.94. The fourth-order valence-electron chi connectivity index (χ4n) is 2.39. The normalized spacial score (nSPS) is 11.1. The molecule has 4 nitrogen and oxygen atoms in total. The van der Waals surface area contributed by atoms with Gasteiger partial charge < -0.3 is 15.5 Å². The van der Waals surface area contributed by atoms with Gasteiger partial charge >= 0.3 is 6.03 Å². The molecule has 0 aromatic heterocycles. The van der Waals surface area contributed by atoms with E-state index in [2.05, 4.69) is 10.6 Å². The van der Waals surface area contributed by atoms with Crippen LogP contribution in [0, 0.1) is 0 Å². The largest absolute Gasteiger partial charge is 0.375 e. The molecule has 0 unspecified atom stereocenters. The molecular weight excluding hydrogens is 345 g/mol. The van der Waals surface area contributed by atoms with Gasteiger partial charge in [-0.2, -0.15) is 0 Å². The molecule has 0 atom stereocenters. The third-order valence-electron chi connectivity index (χ3n) is 3.64. The van der Waals surface area contributed by atoms with E-state index < -0.39 is 5.54 Å². The van der Waals surface area contributed by atoms with Crippen molar-refractivity contribution in [3.05, 3.63) is 58.1 Å². The van der Waals surface area contributed by atoms with Gasteiger partial charge in [0.05, 0.1) is 21.3 Å². The van der Waals surface area contributed by atoms with Crippen LogP contribution in [0.25, 0.3) is 0 Å². The molecule has 2 aromatic carbocycles. The van der Waals surface area contributed by atoms with Gasteiger partial charge in [0.25, 0.3) is 0 Å². The Labute approximate surface area is 152 Å². The highest BCUT2D eigenvalue weighted by molar-refractivity contribution is 6.39. The average molecular weight is 366 g/mol. The van der Waals surface area contributed by atoms with Gasteiger partial charge in [-0.1, -0.05) is 41.4 Å². The number of carbonyl (C=O) groups excluding carboxylic acids is 1. The van der Waals surface area contributed by atoms with Crippen LogP contribution in [-0.4, -0.2) is 20.1 Å². The maximum absolute atomic E-state index is 12.2. The van der Waals surface area contributed by atoms with Gasteiger partial charge in [0.2, 0.25) is 0 Å². The highest BCUT2D eigenvalue weighted by Gasteiger charge is 2.25. The number of anilines is 2. The Hall–Kier alpha value is -1.91. The summed E-state index contributed by atoms with van der Waals surface area (Å²) in [6, 6.07) is 12.6. The van der Waals surface area contributed by atoms with Crippen molar-refractivity contribution in [2.45, 2.75) is 19.4 Å². The predicted octanol–water partition coefficient (Wildman–Crippen LogP) is 5.12. The van der Waals surface area contributed by atoms with Gasteiger partial charge in [-0.25, -0.2) is 4.79 Å². The Morgan fingerprint density at radius 2 is 1.58 bits per heavy atom. The summed E-state index contributed by atoms with van der Waals surface area (Å²) in [5, 5.41) is 6.83. The van der Waals surface area contributed by atoms with E-state index >= 15 is 0 Å². The second-order valence-corrected chi connectivity index (χ2v) is 7.07. The second-order valence-electron chi connectivity index (χ2n) is 6.25. The molecule has 0 bridgehead atoms. The van der Waals surface area contributed by atoms with Crippen LogP contribution in [0.1, 0.15) is 19.4 Å². The molecule has 24 heavy (non-hydrogen) atoms. The molecule has 2 amide bonds. The zero-order valence-electron chi connectivity index (χ0n) is 14.2. The Bertz CT molecular complexity index is 707. The quantitative estimate of drug-likeness (QED) is 0.789. The molecule has 0 radical (unpaired) electrons. The molecule has 0 aliphatic heterocycles. The topological polar surface area (TPSA) is 44.4 Å². The van der Waals surface area contributed by atoms with Gasteiger partial charge in [-0.05, 0) is 43.7 Å². The van der Waals surface area contributed by atoms with Gasteiger partial charge in [0, 0.05) is 19.8 Å². The van der Waals surface area contributed by atoms with Crippen LogP contribution in [0.4, 0.5) is 16.2 Å². The number of amides is 2. The summed E-state index contributed by atoms with van der Waals surface area (Å²) in [6.07, 6.45) is 0. The van der Waals surface area contributed by atoms with Crippen LogP contribution in [0.5, 0.6) is 0 Å². The van der Waals surface area contributed by atoms with Crippen LogP contribution < -0.4 is 15.5 Å². The maximum Gasteiger partial charge on any atom is 0.319 e. The predicted molar refractivity (Wildman–Crippen MR) is 102 cm³/mol. The Morgan fingerprint density at radius 3 is 2.08 bits per heavy atom. The zero-order chi connectivity index (χ0) is 17.9. The summed E-state index contributed by atoms with van der Waals surface area (Å²) in [4.78, 5) is 14.1. The molecule has 128 valence electrons. The van der Waals surface area contributed by atoms with E-state index in [4.69, 9.17) is 23.2 Å². The van der Waals surface area contributed by atoms with Gasteiger partial charge in [-0.3, -0.25) is 0 Å². The van der Waals surface area contributed by atoms with E-state index in [-0.39, 0.29) is 6.03 Å². The third kappa shape index (κ3) is 4.34. The highest BCUT2D eigenvalue weighted by Crippen LogP contribution is 2.36. The standard InChI is InChI=1S/C18H21Cl2N3O/c1-18(2,22-17(24)21-13-8-6-5-7-9-13)12-10-14(19)16(23(3)4)15(20)11-12/h5-11H,1-4H3,(H2,21,22,24). The van der Waals surface area contributed by atoms with E-state index in [0.29, 0.717) is 10.0 Å². The average Bonchev–Trinajstić information content (AvgIpc) is 2.46. The lowest BCUT2D eigenvalue weighted by Gasteiger charge is -2.28. The first-order valence-corrected chi connectivity index (χ1v) is 8.27. The molecule has 0 saturated carbocycles. The van der Waals surface area contributed by atoms with Crippen molar-refractivity contribution in [2.24, 2.45) is 0 Å². The van der Waals surface area contributed by atoms with E-state index in [0.717, 1.165) is 16.9 Å². The number of urea groups is 1. The van der Waals surface area contributed by atoms with Gasteiger partial charge in [0.15, 0.2) is 0 Å². The van der Waals surface area contributed by atoms with E-state index in [1.807, 2.05) is 75.3 Å². The van der Waals surface area contributed by atoms with Crippen molar-refractivity contribution in [1.29, 1.82) is 0 Å². The number of para-hydroxylation sites is 1. The van der Waals surface area contributed by atoms with Crippen molar-refractivity contribution in [3.63, 3.8) is 0 Å². The fraction of sp³-hybridized carbons (Fsp3) is 0.278. The first kappa shape index (κ1) is 18.4. The van der Waals surface area contributed by atoms with Crippen LogP contribution in [0.3, 0.4) is 0 Å². The molecular formula is C18H21Cl2N3O. The smallest absolute Gasteiger partial charge is 0.319 e. The summed E-state index contributed by atoms with van der Waals surface area (Å²) in [5.74, 6) is 0.